The Hall–Kier alpha value is -1.17. The maximum Gasteiger partial charge on any atom is 1.00 e. The number of carbonyl (C=O) groups is 3. The fourth-order valence-corrected chi connectivity index (χ4v) is 3.34. The molecular weight excluding hydrogens is 317 g/mol. The first kappa shape index (κ1) is 20.9. The molecule has 2 atom stereocenters. The fourth-order valence-electron chi connectivity index (χ4n) is 3.34. The maximum atomic E-state index is 12.6. The molecule has 1 saturated carbocycles. The third kappa shape index (κ3) is 3.58. The summed E-state index contributed by atoms with van der Waals surface area (Å²) in [6.45, 7) is 6.74. The van der Waals surface area contributed by atoms with Crippen LogP contribution in [-0.2, 0) is 9.59 Å². The fraction of sp³-hybridized carbons (Fsp3) is 0.500. The van der Waals surface area contributed by atoms with Gasteiger partial charge in [0.05, 0.1) is 0 Å². The minimum absolute atomic E-state index is 0. The van der Waals surface area contributed by atoms with Crippen LogP contribution in [0.1, 0.15) is 50.9 Å². The number of amides is 1. The van der Waals surface area contributed by atoms with Gasteiger partial charge >= 0.3 is 29.6 Å². The van der Waals surface area contributed by atoms with Gasteiger partial charge in [-0.25, -0.2) is 0 Å². The third-order valence-corrected chi connectivity index (χ3v) is 5.55. The Morgan fingerprint density at radius 1 is 1.12 bits per heavy atom. The van der Waals surface area contributed by atoms with E-state index in [1.165, 1.54) is 6.92 Å². The van der Waals surface area contributed by atoms with E-state index in [0.29, 0.717) is 24.1 Å². The maximum absolute atomic E-state index is 12.6. The van der Waals surface area contributed by atoms with Crippen molar-refractivity contribution in [3.63, 3.8) is 0 Å². The van der Waals surface area contributed by atoms with Crippen LogP contribution in [0.3, 0.4) is 0 Å². The molecule has 1 aromatic carbocycles. The van der Waals surface area contributed by atoms with Crippen molar-refractivity contribution in [3.05, 3.63) is 29.8 Å². The van der Waals surface area contributed by atoms with Crippen LogP contribution >= 0.6 is 0 Å². The standard InChI is InChI=1S/C18H23NO4.Na/c1-11(20)12-5-7-13(8-6-12)19-15(21)14-9-10-18(4,16(22)23)17(14,2)3;/h5-8,14H,9-10H2,1-4H3,(H,19,21)(H,22,23);/q;+1/p-1/t14-,18+;/m1./s1. The van der Waals surface area contributed by atoms with E-state index < -0.39 is 22.7 Å². The van der Waals surface area contributed by atoms with Crippen molar-refractivity contribution in [3.8, 4) is 0 Å². The average Bonchev–Trinajstić information content (AvgIpc) is 2.71. The molecule has 1 aliphatic rings. The normalized spacial score (nSPS) is 24.8. The summed E-state index contributed by atoms with van der Waals surface area (Å²) in [5, 5.41) is 14.3. The van der Waals surface area contributed by atoms with E-state index in [1.54, 1.807) is 45.0 Å². The first-order chi connectivity index (χ1) is 10.6. The number of carboxylic acids is 1. The van der Waals surface area contributed by atoms with Crippen molar-refractivity contribution in [2.24, 2.45) is 16.7 Å². The summed E-state index contributed by atoms with van der Waals surface area (Å²) in [4.78, 5) is 35.3. The molecule has 0 radical (unpaired) electrons. The van der Waals surface area contributed by atoms with E-state index in [1.807, 2.05) is 0 Å². The molecule has 0 aromatic heterocycles. The summed E-state index contributed by atoms with van der Waals surface area (Å²) in [6, 6.07) is 6.66. The number of Topliss-reactive ketones (excluding diaryl/α,β-unsaturated/α-hetero) is 1. The van der Waals surface area contributed by atoms with Gasteiger partial charge in [-0.2, -0.15) is 0 Å². The molecule has 0 unspecified atom stereocenters. The van der Waals surface area contributed by atoms with Crippen molar-refractivity contribution in [1.29, 1.82) is 0 Å². The number of hydrogen-bond acceptors (Lipinski definition) is 4. The van der Waals surface area contributed by atoms with Crippen LogP contribution < -0.4 is 40.0 Å². The van der Waals surface area contributed by atoms with E-state index in [2.05, 4.69) is 5.32 Å². The zero-order valence-corrected chi connectivity index (χ0v) is 16.9. The third-order valence-electron chi connectivity index (χ3n) is 5.55. The van der Waals surface area contributed by atoms with Crippen molar-refractivity contribution in [2.75, 3.05) is 5.32 Å². The smallest absolute Gasteiger partial charge is 0.550 e. The number of rotatable bonds is 4. The number of anilines is 1. The molecule has 1 amide bonds. The van der Waals surface area contributed by atoms with Crippen LogP contribution in [0.5, 0.6) is 0 Å². The Bertz CT molecular complexity index is 653. The molecule has 6 heteroatoms. The number of carboxylic acid groups (broad SMARTS) is 1. The first-order valence-corrected chi connectivity index (χ1v) is 7.73. The predicted molar refractivity (Wildman–Crippen MR) is 84.7 cm³/mol. The van der Waals surface area contributed by atoms with Gasteiger partial charge in [0.25, 0.3) is 0 Å². The van der Waals surface area contributed by atoms with Gasteiger partial charge < -0.3 is 15.2 Å². The number of nitrogens with one attached hydrogen (secondary N) is 1. The minimum atomic E-state index is -1.11. The second-order valence-corrected chi connectivity index (χ2v) is 7.06. The van der Waals surface area contributed by atoms with Gasteiger partial charge in [0.15, 0.2) is 5.78 Å². The molecule has 1 aromatic rings. The molecule has 0 bridgehead atoms. The Balaban J connectivity index is 0.00000288. The molecule has 1 N–H and O–H groups in total. The van der Waals surface area contributed by atoms with Crippen molar-refractivity contribution in [1.82, 2.24) is 0 Å². The summed E-state index contributed by atoms with van der Waals surface area (Å²) in [6.07, 6.45) is 0.929. The second kappa shape index (κ2) is 7.38. The topological polar surface area (TPSA) is 86.3 Å². The number of ketones is 1. The molecular formula is C18H22NNaO4. The van der Waals surface area contributed by atoms with Gasteiger partial charge in [0.1, 0.15) is 0 Å². The van der Waals surface area contributed by atoms with Gasteiger partial charge in [0.2, 0.25) is 5.91 Å². The van der Waals surface area contributed by atoms with Crippen LogP contribution in [0, 0.1) is 16.7 Å². The Morgan fingerprint density at radius 3 is 2.08 bits per heavy atom. The SMILES string of the molecule is CC(=O)c1ccc(NC(=O)[C@H]2CC[C@@](C)(C(=O)[O-])C2(C)C)cc1.[Na+]. The molecule has 1 aliphatic carbocycles. The summed E-state index contributed by atoms with van der Waals surface area (Å²) >= 11 is 0. The zero-order chi connectivity index (χ0) is 17.4. The van der Waals surface area contributed by atoms with Crippen LogP contribution in [0.25, 0.3) is 0 Å². The number of benzene rings is 1. The number of hydrogen-bond donors (Lipinski definition) is 1. The monoisotopic (exact) mass is 339 g/mol. The first-order valence-electron chi connectivity index (χ1n) is 7.73. The van der Waals surface area contributed by atoms with Crippen LogP contribution in [-0.4, -0.2) is 17.7 Å². The van der Waals surface area contributed by atoms with Gasteiger partial charge in [-0.3, -0.25) is 9.59 Å². The molecule has 0 aliphatic heterocycles. The molecule has 2 rings (SSSR count). The van der Waals surface area contributed by atoms with Crippen LogP contribution in [0.2, 0.25) is 0 Å². The average molecular weight is 339 g/mol. The molecule has 0 spiro atoms. The van der Waals surface area contributed by atoms with Gasteiger partial charge in [-0.1, -0.05) is 20.8 Å². The van der Waals surface area contributed by atoms with Gasteiger partial charge in [0, 0.05) is 28.6 Å². The quantitative estimate of drug-likeness (QED) is 0.565. The van der Waals surface area contributed by atoms with Crippen molar-refractivity contribution < 1.29 is 49.0 Å². The number of carbonyl (C=O) groups excluding carboxylic acids is 3. The van der Waals surface area contributed by atoms with Gasteiger partial charge in [-0.05, 0) is 49.4 Å². The van der Waals surface area contributed by atoms with Crippen molar-refractivity contribution >= 4 is 23.3 Å². The zero-order valence-electron chi connectivity index (χ0n) is 14.9. The largest absolute Gasteiger partial charge is 1.00 e. The van der Waals surface area contributed by atoms with Crippen LogP contribution in [0.4, 0.5) is 5.69 Å². The summed E-state index contributed by atoms with van der Waals surface area (Å²) in [5.41, 5.74) is -0.547. The molecule has 0 heterocycles. The summed E-state index contributed by atoms with van der Waals surface area (Å²) in [7, 11) is 0. The Morgan fingerprint density at radius 2 is 1.67 bits per heavy atom. The Labute approximate surface area is 164 Å². The Kier molecular flexibility index (Phi) is 6.42. The van der Waals surface area contributed by atoms with E-state index in [-0.39, 0.29) is 41.2 Å². The predicted octanol–water partition coefficient (Wildman–Crippen LogP) is -0.976. The molecule has 0 saturated heterocycles. The van der Waals surface area contributed by atoms with Gasteiger partial charge in [-0.15, -0.1) is 0 Å². The number of aliphatic carboxylic acids is 1. The minimum Gasteiger partial charge on any atom is -0.550 e. The second-order valence-electron chi connectivity index (χ2n) is 7.06. The molecule has 5 nitrogen and oxygen atoms in total. The molecule has 124 valence electrons. The van der Waals surface area contributed by atoms with Crippen LogP contribution in [0.15, 0.2) is 24.3 Å². The van der Waals surface area contributed by atoms with E-state index in [0.717, 1.165) is 0 Å². The van der Waals surface area contributed by atoms with Crippen molar-refractivity contribution in [2.45, 2.75) is 40.5 Å². The van der Waals surface area contributed by atoms with E-state index in [4.69, 9.17) is 0 Å². The molecule has 1 fully saturated rings. The van der Waals surface area contributed by atoms with E-state index in [9.17, 15) is 19.5 Å². The molecule has 24 heavy (non-hydrogen) atoms. The van der Waals surface area contributed by atoms with E-state index >= 15 is 0 Å². The summed E-state index contributed by atoms with van der Waals surface area (Å²) in [5.74, 6) is -1.75. The summed E-state index contributed by atoms with van der Waals surface area (Å²) < 4.78 is 0.